The van der Waals surface area contributed by atoms with Crippen LogP contribution in [0.4, 0.5) is 0 Å². The number of carboxylic acids is 1. The van der Waals surface area contributed by atoms with Gasteiger partial charge in [0.1, 0.15) is 5.54 Å². The fraction of sp³-hybridized carbons (Fsp3) is 0.533. The molecule has 0 saturated carbocycles. The van der Waals surface area contributed by atoms with E-state index in [1.54, 1.807) is 6.92 Å². The molecule has 1 unspecified atom stereocenters. The van der Waals surface area contributed by atoms with Crippen molar-refractivity contribution in [2.75, 3.05) is 13.1 Å². The van der Waals surface area contributed by atoms with Gasteiger partial charge >= 0.3 is 5.97 Å². The SMILES string of the molecule is CCCNC(C)(CN1Cc2ccccc2C1)C(=O)O. The first-order valence-electron chi connectivity index (χ1n) is 6.83. The molecule has 1 aliphatic heterocycles. The number of benzene rings is 1. The molecule has 0 saturated heterocycles. The van der Waals surface area contributed by atoms with E-state index in [0.29, 0.717) is 6.54 Å². The zero-order valence-electron chi connectivity index (χ0n) is 11.6. The number of aliphatic carboxylic acids is 1. The molecule has 0 fully saturated rings. The molecule has 19 heavy (non-hydrogen) atoms. The highest BCUT2D eigenvalue weighted by atomic mass is 16.4. The lowest BCUT2D eigenvalue weighted by molar-refractivity contribution is -0.145. The van der Waals surface area contributed by atoms with Crippen LogP contribution >= 0.6 is 0 Å². The fourth-order valence-corrected chi connectivity index (χ4v) is 2.56. The van der Waals surface area contributed by atoms with Gasteiger partial charge in [0.05, 0.1) is 0 Å². The van der Waals surface area contributed by atoms with Crippen LogP contribution in [-0.4, -0.2) is 34.6 Å². The Morgan fingerprint density at radius 3 is 2.42 bits per heavy atom. The summed E-state index contributed by atoms with van der Waals surface area (Å²) in [7, 11) is 0. The number of nitrogens with zero attached hydrogens (tertiary/aromatic N) is 1. The number of hydrogen-bond acceptors (Lipinski definition) is 3. The van der Waals surface area contributed by atoms with Crippen LogP contribution < -0.4 is 5.32 Å². The normalized spacial score (nSPS) is 18.0. The first-order valence-corrected chi connectivity index (χ1v) is 6.83. The smallest absolute Gasteiger partial charge is 0.324 e. The molecule has 0 spiro atoms. The number of carboxylic acid groups (broad SMARTS) is 1. The first kappa shape index (κ1) is 14.0. The van der Waals surface area contributed by atoms with E-state index in [1.165, 1.54) is 11.1 Å². The molecule has 1 aromatic carbocycles. The van der Waals surface area contributed by atoms with Crippen molar-refractivity contribution in [1.29, 1.82) is 0 Å². The number of carbonyl (C=O) groups is 1. The summed E-state index contributed by atoms with van der Waals surface area (Å²) in [6, 6.07) is 8.31. The Balaban J connectivity index is 2.02. The third-order valence-corrected chi connectivity index (χ3v) is 3.68. The van der Waals surface area contributed by atoms with Crippen LogP contribution in [0.2, 0.25) is 0 Å². The summed E-state index contributed by atoms with van der Waals surface area (Å²) in [4.78, 5) is 13.7. The van der Waals surface area contributed by atoms with E-state index < -0.39 is 11.5 Å². The maximum absolute atomic E-state index is 11.5. The van der Waals surface area contributed by atoms with Crippen molar-refractivity contribution >= 4 is 5.97 Å². The molecule has 1 atom stereocenters. The molecule has 1 aliphatic rings. The van der Waals surface area contributed by atoms with Gasteiger partial charge in [0.25, 0.3) is 0 Å². The zero-order chi connectivity index (χ0) is 13.9. The van der Waals surface area contributed by atoms with E-state index in [9.17, 15) is 9.90 Å². The van der Waals surface area contributed by atoms with Crippen LogP contribution in [0.1, 0.15) is 31.4 Å². The molecule has 4 nitrogen and oxygen atoms in total. The van der Waals surface area contributed by atoms with Gasteiger partial charge in [-0.3, -0.25) is 9.69 Å². The summed E-state index contributed by atoms with van der Waals surface area (Å²) in [6.07, 6.45) is 0.934. The summed E-state index contributed by atoms with van der Waals surface area (Å²) < 4.78 is 0. The number of rotatable bonds is 6. The van der Waals surface area contributed by atoms with Gasteiger partial charge < -0.3 is 10.4 Å². The van der Waals surface area contributed by atoms with Crippen molar-refractivity contribution in [2.24, 2.45) is 0 Å². The van der Waals surface area contributed by atoms with Crippen LogP contribution in [-0.2, 0) is 17.9 Å². The van der Waals surface area contributed by atoms with E-state index in [0.717, 1.165) is 26.1 Å². The van der Waals surface area contributed by atoms with Crippen molar-refractivity contribution in [1.82, 2.24) is 10.2 Å². The molecular formula is C15H22N2O2. The lowest BCUT2D eigenvalue weighted by atomic mass is 10.0. The maximum atomic E-state index is 11.5. The van der Waals surface area contributed by atoms with Gasteiger partial charge in [0.2, 0.25) is 0 Å². The van der Waals surface area contributed by atoms with Crippen molar-refractivity contribution in [3.05, 3.63) is 35.4 Å². The molecule has 0 radical (unpaired) electrons. The highest BCUT2D eigenvalue weighted by molar-refractivity contribution is 5.78. The Bertz CT molecular complexity index is 436. The average molecular weight is 262 g/mol. The summed E-state index contributed by atoms with van der Waals surface area (Å²) in [6.45, 7) is 6.75. The lowest BCUT2D eigenvalue weighted by Crippen LogP contribution is -2.56. The van der Waals surface area contributed by atoms with Crippen LogP contribution in [0.25, 0.3) is 0 Å². The largest absolute Gasteiger partial charge is 0.480 e. The number of fused-ring (bicyclic) bond motifs is 1. The minimum absolute atomic E-state index is 0.525. The number of nitrogens with one attached hydrogen (secondary N) is 1. The Labute approximate surface area is 114 Å². The topological polar surface area (TPSA) is 52.6 Å². The Morgan fingerprint density at radius 1 is 1.37 bits per heavy atom. The minimum atomic E-state index is -0.877. The molecule has 104 valence electrons. The fourth-order valence-electron chi connectivity index (χ4n) is 2.56. The Hall–Kier alpha value is -1.39. The summed E-state index contributed by atoms with van der Waals surface area (Å²) in [5, 5.41) is 12.6. The monoisotopic (exact) mass is 262 g/mol. The van der Waals surface area contributed by atoms with Crippen molar-refractivity contribution in [3.8, 4) is 0 Å². The molecule has 0 aliphatic carbocycles. The molecule has 2 N–H and O–H groups in total. The van der Waals surface area contributed by atoms with Gasteiger partial charge in [0.15, 0.2) is 0 Å². The highest BCUT2D eigenvalue weighted by Crippen LogP contribution is 2.24. The van der Waals surface area contributed by atoms with E-state index in [-0.39, 0.29) is 0 Å². The first-order chi connectivity index (χ1) is 9.05. The van der Waals surface area contributed by atoms with Crippen LogP contribution in [0, 0.1) is 0 Å². The summed E-state index contributed by atoms with van der Waals surface area (Å²) in [5.41, 5.74) is 1.74. The Morgan fingerprint density at radius 2 is 1.95 bits per heavy atom. The highest BCUT2D eigenvalue weighted by Gasteiger charge is 2.35. The van der Waals surface area contributed by atoms with Gasteiger partial charge in [-0.25, -0.2) is 0 Å². The Kier molecular flexibility index (Phi) is 4.22. The van der Waals surface area contributed by atoms with E-state index in [2.05, 4.69) is 22.3 Å². The summed E-state index contributed by atoms with van der Waals surface area (Å²) >= 11 is 0. The summed E-state index contributed by atoms with van der Waals surface area (Å²) in [5.74, 6) is -0.781. The molecular weight excluding hydrogens is 240 g/mol. The van der Waals surface area contributed by atoms with E-state index in [4.69, 9.17) is 0 Å². The van der Waals surface area contributed by atoms with E-state index >= 15 is 0 Å². The lowest BCUT2D eigenvalue weighted by Gasteiger charge is -2.30. The van der Waals surface area contributed by atoms with Gasteiger partial charge in [-0.15, -0.1) is 0 Å². The molecule has 2 rings (SSSR count). The minimum Gasteiger partial charge on any atom is -0.480 e. The van der Waals surface area contributed by atoms with Crippen molar-refractivity contribution in [3.63, 3.8) is 0 Å². The second-order valence-corrected chi connectivity index (χ2v) is 5.48. The standard InChI is InChI=1S/C15H22N2O2/c1-3-8-16-15(2,14(18)19)11-17-9-12-6-4-5-7-13(12)10-17/h4-7,16H,3,8-11H2,1-2H3,(H,18,19). The van der Waals surface area contributed by atoms with Gasteiger partial charge in [0, 0.05) is 19.6 Å². The van der Waals surface area contributed by atoms with Crippen molar-refractivity contribution in [2.45, 2.75) is 38.9 Å². The molecule has 1 heterocycles. The predicted molar refractivity (Wildman–Crippen MR) is 74.9 cm³/mol. The van der Waals surface area contributed by atoms with Gasteiger partial charge in [-0.1, -0.05) is 31.2 Å². The maximum Gasteiger partial charge on any atom is 0.324 e. The van der Waals surface area contributed by atoms with Crippen LogP contribution in [0.15, 0.2) is 24.3 Å². The van der Waals surface area contributed by atoms with Crippen LogP contribution in [0.3, 0.4) is 0 Å². The second-order valence-electron chi connectivity index (χ2n) is 5.48. The molecule has 4 heteroatoms. The van der Waals surface area contributed by atoms with Crippen molar-refractivity contribution < 1.29 is 9.90 Å². The van der Waals surface area contributed by atoms with Crippen LogP contribution in [0.5, 0.6) is 0 Å². The second kappa shape index (κ2) is 5.72. The average Bonchev–Trinajstić information content (AvgIpc) is 2.78. The molecule has 0 bridgehead atoms. The van der Waals surface area contributed by atoms with Gasteiger partial charge in [-0.2, -0.15) is 0 Å². The molecule has 0 aromatic heterocycles. The quantitative estimate of drug-likeness (QED) is 0.821. The molecule has 0 amide bonds. The number of hydrogen-bond donors (Lipinski definition) is 2. The third kappa shape index (κ3) is 3.14. The predicted octanol–water partition coefficient (Wildman–Crippen LogP) is 1.85. The third-order valence-electron chi connectivity index (χ3n) is 3.68. The van der Waals surface area contributed by atoms with E-state index in [1.807, 2.05) is 19.1 Å². The van der Waals surface area contributed by atoms with Gasteiger partial charge in [-0.05, 0) is 31.0 Å². The zero-order valence-corrected chi connectivity index (χ0v) is 11.6. The molecule has 1 aromatic rings.